The number of hydrogen-bond acceptors (Lipinski definition) is 3. The van der Waals surface area contributed by atoms with Crippen molar-refractivity contribution in [2.45, 2.75) is 19.4 Å². The number of hydrogen-bond donors (Lipinski definition) is 1. The SMILES string of the molecule is COCC1CCCN(Cc2ccc(Cl)cc2N)C1. The quantitative estimate of drug-likeness (QED) is 0.854. The Morgan fingerprint density at radius 3 is 3.06 bits per heavy atom. The lowest BCUT2D eigenvalue weighted by molar-refractivity contribution is 0.0875. The minimum atomic E-state index is 0.650. The van der Waals surface area contributed by atoms with Gasteiger partial charge in [-0.15, -0.1) is 0 Å². The van der Waals surface area contributed by atoms with Crippen LogP contribution in [0.5, 0.6) is 0 Å². The molecule has 4 heteroatoms. The second kappa shape index (κ2) is 6.41. The molecular weight excluding hydrogens is 248 g/mol. The van der Waals surface area contributed by atoms with Gasteiger partial charge >= 0.3 is 0 Å². The van der Waals surface area contributed by atoms with Gasteiger partial charge in [-0.25, -0.2) is 0 Å². The van der Waals surface area contributed by atoms with Crippen LogP contribution in [-0.2, 0) is 11.3 Å². The Bertz CT molecular complexity index is 395. The van der Waals surface area contributed by atoms with Crippen molar-refractivity contribution >= 4 is 17.3 Å². The third-order valence-electron chi connectivity index (χ3n) is 3.51. The van der Waals surface area contributed by atoms with Crippen LogP contribution in [-0.4, -0.2) is 31.7 Å². The van der Waals surface area contributed by atoms with Crippen molar-refractivity contribution in [1.82, 2.24) is 4.90 Å². The van der Waals surface area contributed by atoms with Crippen LogP contribution in [0.25, 0.3) is 0 Å². The van der Waals surface area contributed by atoms with Crippen LogP contribution in [0.2, 0.25) is 5.02 Å². The predicted octanol–water partition coefficient (Wildman–Crippen LogP) is 2.78. The van der Waals surface area contributed by atoms with Crippen molar-refractivity contribution in [2.75, 3.05) is 32.5 Å². The highest BCUT2D eigenvalue weighted by Crippen LogP contribution is 2.23. The number of nitrogens with two attached hydrogens (primary N) is 1. The maximum absolute atomic E-state index is 6.00. The molecule has 0 aromatic heterocycles. The zero-order valence-corrected chi connectivity index (χ0v) is 11.6. The molecule has 0 spiro atoms. The van der Waals surface area contributed by atoms with Crippen molar-refractivity contribution in [3.63, 3.8) is 0 Å². The molecule has 0 aliphatic carbocycles. The maximum Gasteiger partial charge on any atom is 0.0502 e. The summed E-state index contributed by atoms with van der Waals surface area (Å²) in [4.78, 5) is 2.45. The number of likely N-dealkylation sites (tertiary alicyclic amines) is 1. The first-order valence-corrected chi connectivity index (χ1v) is 6.82. The molecule has 0 saturated carbocycles. The van der Waals surface area contributed by atoms with Crippen LogP contribution >= 0.6 is 11.6 Å². The number of piperidine rings is 1. The lowest BCUT2D eigenvalue weighted by Crippen LogP contribution is -2.36. The zero-order chi connectivity index (χ0) is 13.0. The second-order valence-electron chi connectivity index (χ2n) is 5.04. The first-order valence-electron chi connectivity index (χ1n) is 6.44. The summed E-state index contributed by atoms with van der Waals surface area (Å²) < 4.78 is 5.25. The first-order chi connectivity index (χ1) is 8.69. The topological polar surface area (TPSA) is 38.5 Å². The highest BCUT2D eigenvalue weighted by atomic mass is 35.5. The van der Waals surface area contributed by atoms with E-state index >= 15 is 0 Å². The van der Waals surface area contributed by atoms with Gasteiger partial charge in [0.05, 0.1) is 6.61 Å². The Hall–Kier alpha value is -0.770. The number of halogens is 1. The van der Waals surface area contributed by atoms with E-state index in [0.717, 1.165) is 37.5 Å². The fraction of sp³-hybridized carbons (Fsp3) is 0.571. The Kier molecular flexibility index (Phi) is 4.87. The molecule has 1 heterocycles. The molecule has 18 heavy (non-hydrogen) atoms. The van der Waals surface area contributed by atoms with Crippen LogP contribution in [0.4, 0.5) is 5.69 Å². The van der Waals surface area contributed by atoms with E-state index in [1.165, 1.54) is 12.8 Å². The fourth-order valence-electron chi connectivity index (χ4n) is 2.62. The van der Waals surface area contributed by atoms with Crippen molar-refractivity contribution < 1.29 is 4.74 Å². The Morgan fingerprint density at radius 2 is 2.33 bits per heavy atom. The Labute approximate surface area is 114 Å². The van der Waals surface area contributed by atoms with E-state index in [0.29, 0.717) is 10.9 Å². The maximum atomic E-state index is 6.00. The molecule has 0 bridgehead atoms. The molecule has 0 amide bonds. The standard InChI is InChI=1S/C14H21ClN2O/c1-18-10-11-3-2-6-17(8-11)9-12-4-5-13(15)7-14(12)16/h4-5,7,11H,2-3,6,8-10,16H2,1H3. The molecule has 1 saturated heterocycles. The van der Waals surface area contributed by atoms with E-state index in [9.17, 15) is 0 Å². The van der Waals surface area contributed by atoms with Gasteiger partial charge in [0, 0.05) is 30.9 Å². The summed E-state index contributed by atoms with van der Waals surface area (Å²) in [6.45, 7) is 3.99. The molecule has 1 aromatic carbocycles. The van der Waals surface area contributed by atoms with Gasteiger partial charge in [-0.2, -0.15) is 0 Å². The van der Waals surface area contributed by atoms with Gasteiger partial charge < -0.3 is 10.5 Å². The van der Waals surface area contributed by atoms with Crippen molar-refractivity contribution in [2.24, 2.45) is 5.92 Å². The highest BCUT2D eigenvalue weighted by Gasteiger charge is 2.20. The third kappa shape index (κ3) is 3.61. The molecule has 2 rings (SSSR count). The van der Waals surface area contributed by atoms with E-state index in [4.69, 9.17) is 22.1 Å². The average molecular weight is 269 g/mol. The Balaban J connectivity index is 1.96. The molecule has 1 atom stereocenters. The highest BCUT2D eigenvalue weighted by molar-refractivity contribution is 6.30. The molecule has 1 aliphatic heterocycles. The zero-order valence-electron chi connectivity index (χ0n) is 10.9. The molecule has 1 aromatic rings. The normalized spacial score (nSPS) is 21.1. The fourth-order valence-corrected chi connectivity index (χ4v) is 2.80. The van der Waals surface area contributed by atoms with Crippen LogP contribution in [0, 0.1) is 5.92 Å². The molecule has 1 unspecified atom stereocenters. The number of methoxy groups -OCH3 is 1. The van der Waals surface area contributed by atoms with E-state index < -0.39 is 0 Å². The van der Waals surface area contributed by atoms with E-state index in [1.54, 1.807) is 7.11 Å². The van der Waals surface area contributed by atoms with Crippen molar-refractivity contribution in [3.8, 4) is 0 Å². The molecule has 100 valence electrons. The van der Waals surface area contributed by atoms with Crippen molar-refractivity contribution in [1.29, 1.82) is 0 Å². The third-order valence-corrected chi connectivity index (χ3v) is 3.74. The van der Waals surface area contributed by atoms with E-state index in [1.807, 2.05) is 18.2 Å². The molecule has 2 N–H and O–H groups in total. The number of ether oxygens (including phenoxy) is 1. The van der Waals surface area contributed by atoms with Gasteiger partial charge in [-0.3, -0.25) is 4.90 Å². The Morgan fingerprint density at radius 1 is 1.50 bits per heavy atom. The summed E-state index contributed by atoms with van der Waals surface area (Å²) in [6, 6.07) is 5.76. The van der Waals surface area contributed by atoms with Crippen molar-refractivity contribution in [3.05, 3.63) is 28.8 Å². The monoisotopic (exact) mass is 268 g/mol. The van der Waals surface area contributed by atoms with Gasteiger partial charge in [0.2, 0.25) is 0 Å². The lowest BCUT2D eigenvalue weighted by atomic mass is 9.98. The second-order valence-corrected chi connectivity index (χ2v) is 5.48. The first kappa shape index (κ1) is 13.7. The average Bonchev–Trinajstić information content (AvgIpc) is 2.34. The minimum absolute atomic E-state index is 0.650. The predicted molar refractivity (Wildman–Crippen MR) is 75.7 cm³/mol. The largest absolute Gasteiger partial charge is 0.398 e. The summed E-state index contributed by atoms with van der Waals surface area (Å²) in [6.07, 6.45) is 2.50. The number of anilines is 1. The van der Waals surface area contributed by atoms with E-state index in [-0.39, 0.29) is 0 Å². The van der Waals surface area contributed by atoms with Gasteiger partial charge in [0.15, 0.2) is 0 Å². The summed E-state index contributed by atoms with van der Waals surface area (Å²) in [5.41, 5.74) is 7.95. The van der Waals surface area contributed by atoms with Gasteiger partial charge in [-0.05, 0) is 43.0 Å². The molecule has 0 radical (unpaired) electrons. The summed E-state index contributed by atoms with van der Waals surface area (Å²) in [5.74, 6) is 0.650. The molecule has 1 aliphatic rings. The van der Waals surface area contributed by atoms with E-state index in [2.05, 4.69) is 4.90 Å². The van der Waals surface area contributed by atoms with Gasteiger partial charge in [0.25, 0.3) is 0 Å². The van der Waals surface area contributed by atoms with Crippen LogP contribution in [0.15, 0.2) is 18.2 Å². The van der Waals surface area contributed by atoms with Crippen LogP contribution < -0.4 is 5.73 Å². The van der Waals surface area contributed by atoms with Gasteiger partial charge in [-0.1, -0.05) is 17.7 Å². The number of nitrogen functional groups attached to an aromatic ring is 1. The van der Waals surface area contributed by atoms with Crippen LogP contribution in [0.3, 0.4) is 0 Å². The van der Waals surface area contributed by atoms with Gasteiger partial charge in [0.1, 0.15) is 0 Å². The molecule has 1 fully saturated rings. The van der Waals surface area contributed by atoms with Crippen LogP contribution in [0.1, 0.15) is 18.4 Å². The minimum Gasteiger partial charge on any atom is -0.398 e. The lowest BCUT2D eigenvalue weighted by Gasteiger charge is -2.32. The number of rotatable bonds is 4. The molecule has 3 nitrogen and oxygen atoms in total. The molecular formula is C14H21ClN2O. The number of nitrogens with zero attached hydrogens (tertiary/aromatic N) is 1. The summed E-state index contributed by atoms with van der Waals surface area (Å²) in [5, 5.41) is 0.701. The smallest absolute Gasteiger partial charge is 0.0502 e. The number of benzene rings is 1. The summed E-state index contributed by atoms with van der Waals surface area (Å²) >= 11 is 5.91. The summed E-state index contributed by atoms with van der Waals surface area (Å²) in [7, 11) is 1.77.